The molecule has 7 heteroatoms. The number of hydrogen-bond donors (Lipinski definition) is 4. The maximum atomic E-state index is 11.7. The van der Waals surface area contributed by atoms with Crippen LogP contribution in [-0.4, -0.2) is 40.4 Å². The molecule has 0 saturated heterocycles. The number of carbonyl (C=O) groups excluding carboxylic acids is 1. The van der Waals surface area contributed by atoms with E-state index in [1.807, 2.05) is 30.3 Å². The lowest BCUT2D eigenvalue weighted by atomic mass is 9.97. The van der Waals surface area contributed by atoms with Gasteiger partial charge in [-0.25, -0.2) is 4.79 Å². The summed E-state index contributed by atoms with van der Waals surface area (Å²) in [7, 11) is 0. The van der Waals surface area contributed by atoms with Crippen LogP contribution in [0.1, 0.15) is 29.2 Å². The number of alkyl carbamates (subject to hydrolysis) is 1. The Morgan fingerprint density at radius 3 is 2.54 bits per heavy atom. The van der Waals surface area contributed by atoms with E-state index in [1.165, 1.54) is 6.21 Å². The van der Waals surface area contributed by atoms with Crippen molar-refractivity contribution in [2.75, 3.05) is 6.54 Å². The van der Waals surface area contributed by atoms with Crippen molar-refractivity contribution in [1.82, 2.24) is 5.32 Å². The monoisotopic (exact) mass is 358 g/mol. The van der Waals surface area contributed by atoms with Crippen molar-refractivity contribution < 1.29 is 25.0 Å². The van der Waals surface area contributed by atoms with Gasteiger partial charge in [-0.1, -0.05) is 59.8 Å². The highest BCUT2D eigenvalue weighted by Gasteiger charge is 2.20. The maximum Gasteiger partial charge on any atom is 0.407 e. The summed E-state index contributed by atoms with van der Waals surface area (Å²) in [5, 5.41) is 34.6. The third-order valence-corrected chi connectivity index (χ3v) is 3.80. The van der Waals surface area contributed by atoms with Crippen molar-refractivity contribution in [3.05, 3.63) is 71.3 Å². The zero-order chi connectivity index (χ0) is 18.8. The predicted molar refractivity (Wildman–Crippen MR) is 96.0 cm³/mol. The first-order valence-electron chi connectivity index (χ1n) is 8.19. The second-order valence-corrected chi connectivity index (χ2v) is 5.66. The molecular formula is C19H22N2O5. The molecule has 0 saturated carbocycles. The van der Waals surface area contributed by atoms with E-state index in [0.717, 1.165) is 5.56 Å². The minimum absolute atomic E-state index is 0.131. The van der Waals surface area contributed by atoms with Gasteiger partial charge in [-0.3, -0.25) is 0 Å². The van der Waals surface area contributed by atoms with E-state index >= 15 is 0 Å². The molecule has 138 valence electrons. The summed E-state index contributed by atoms with van der Waals surface area (Å²) in [6, 6.07) is 16.0. The number of aliphatic hydroxyl groups excluding tert-OH is 2. The second kappa shape index (κ2) is 10.2. The molecule has 0 heterocycles. The number of nitrogens with one attached hydrogen (secondary N) is 1. The number of hydrogen-bond acceptors (Lipinski definition) is 6. The number of rotatable bonds is 8. The second-order valence-electron chi connectivity index (χ2n) is 5.66. The van der Waals surface area contributed by atoms with Crippen molar-refractivity contribution in [2.24, 2.45) is 5.16 Å². The first-order chi connectivity index (χ1) is 12.6. The molecule has 26 heavy (non-hydrogen) atoms. The Morgan fingerprint density at radius 2 is 1.81 bits per heavy atom. The topological polar surface area (TPSA) is 111 Å². The third kappa shape index (κ3) is 5.87. The van der Waals surface area contributed by atoms with Crippen molar-refractivity contribution in [3.63, 3.8) is 0 Å². The van der Waals surface area contributed by atoms with Crippen molar-refractivity contribution in [3.8, 4) is 0 Å². The molecule has 0 fully saturated rings. The Kier molecular flexibility index (Phi) is 7.60. The molecule has 0 radical (unpaired) electrons. The largest absolute Gasteiger partial charge is 0.445 e. The van der Waals surface area contributed by atoms with Crippen LogP contribution in [0.2, 0.25) is 0 Å². The molecule has 2 rings (SSSR count). The average molecular weight is 358 g/mol. The Hall–Kier alpha value is -2.90. The molecule has 0 aliphatic carbocycles. The number of carbonyl (C=O) groups is 1. The number of amides is 1. The highest BCUT2D eigenvalue weighted by Crippen LogP contribution is 2.21. The lowest BCUT2D eigenvalue weighted by Crippen LogP contribution is -2.30. The fourth-order valence-corrected chi connectivity index (χ4v) is 2.42. The van der Waals surface area contributed by atoms with Gasteiger partial charge in [0.1, 0.15) is 12.7 Å². The zero-order valence-corrected chi connectivity index (χ0v) is 14.2. The van der Waals surface area contributed by atoms with Crippen LogP contribution in [0.15, 0.2) is 59.8 Å². The Morgan fingerprint density at radius 1 is 1.12 bits per heavy atom. The molecule has 0 bridgehead atoms. The summed E-state index contributed by atoms with van der Waals surface area (Å²) in [6.07, 6.45) is -1.55. The molecule has 1 amide bonds. The lowest BCUT2D eigenvalue weighted by molar-refractivity contribution is 0.0135. The summed E-state index contributed by atoms with van der Waals surface area (Å²) >= 11 is 0. The fraction of sp³-hybridized carbons (Fsp3) is 0.263. The summed E-state index contributed by atoms with van der Waals surface area (Å²) in [5.74, 6) is 0. The van der Waals surface area contributed by atoms with Gasteiger partial charge in [-0.15, -0.1) is 0 Å². The molecule has 2 unspecified atom stereocenters. The Balaban J connectivity index is 1.77. The number of benzene rings is 2. The van der Waals surface area contributed by atoms with Gasteiger partial charge in [0.05, 0.1) is 12.3 Å². The van der Waals surface area contributed by atoms with Gasteiger partial charge >= 0.3 is 6.09 Å². The van der Waals surface area contributed by atoms with E-state index < -0.39 is 18.3 Å². The molecule has 2 aromatic carbocycles. The zero-order valence-electron chi connectivity index (χ0n) is 14.2. The van der Waals surface area contributed by atoms with Crippen LogP contribution in [0.25, 0.3) is 0 Å². The quantitative estimate of drug-likeness (QED) is 0.328. The van der Waals surface area contributed by atoms with Gasteiger partial charge < -0.3 is 25.5 Å². The molecular weight excluding hydrogens is 336 g/mol. The van der Waals surface area contributed by atoms with E-state index in [-0.39, 0.29) is 19.6 Å². The molecule has 2 atom stereocenters. The smallest absolute Gasteiger partial charge is 0.407 e. The van der Waals surface area contributed by atoms with Gasteiger partial charge in [0.25, 0.3) is 0 Å². The van der Waals surface area contributed by atoms with Gasteiger partial charge in [0.2, 0.25) is 0 Å². The van der Waals surface area contributed by atoms with E-state index in [9.17, 15) is 15.0 Å². The van der Waals surface area contributed by atoms with Gasteiger partial charge in [-0.2, -0.15) is 0 Å². The van der Waals surface area contributed by atoms with Crippen LogP contribution in [0.4, 0.5) is 4.79 Å². The highest BCUT2D eigenvalue weighted by atomic mass is 16.5. The van der Waals surface area contributed by atoms with Crippen LogP contribution in [0.3, 0.4) is 0 Å². The van der Waals surface area contributed by atoms with Crippen molar-refractivity contribution >= 4 is 12.3 Å². The number of nitrogens with zero attached hydrogens (tertiary/aromatic N) is 1. The first-order valence-corrected chi connectivity index (χ1v) is 8.19. The number of aliphatic hydroxyl groups is 2. The molecule has 7 nitrogen and oxygen atoms in total. The van der Waals surface area contributed by atoms with E-state index in [0.29, 0.717) is 11.1 Å². The maximum absolute atomic E-state index is 11.7. The van der Waals surface area contributed by atoms with E-state index in [4.69, 9.17) is 9.94 Å². The highest BCUT2D eigenvalue weighted by molar-refractivity contribution is 5.81. The molecule has 4 N–H and O–H groups in total. The SMILES string of the molecule is O=C(NCCC(O)C(O)c1ccccc1C=NO)OCc1ccccc1. The summed E-state index contributed by atoms with van der Waals surface area (Å²) in [5.41, 5.74) is 1.81. The summed E-state index contributed by atoms with van der Waals surface area (Å²) < 4.78 is 5.07. The normalized spacial score (nSPS) is 13.3. The van der Waals surface area contributed by atoms with Crippen LogP contribution < -0.4 is 5.32 Å². The third-order valence-electron chi connectivity index (χ3n) is 3.80. The Labute approximate surface area is 151 Å². The minimum Gasteiger partial charge on any atom is -0.445 e. The van der Waals surface area contributed by atoms with Crippen LogP contribution in [-0.2, 0) is 11.3 Å². The van der Waals surface area contributed by atoms with Crippen LogP contribution in [0.5, 0.6) is 0 Å². The predicted octanol–water partition coefficient (Wildman–Crippen LogP) is 2.21. The van der Waals surface area contributed by atoms with E-state index in [2.05, 4.69) is 10.5 Å². The van der Waals surface area contributed by atoms with Crippen molar-refractivity contribution in [1.29, 1.82) is 0 Å². The van der Waals surface area contributed by atoms with Crippen LogP contribution in [0, 0.1) is 0 Å². The standard InChI is InChI=1S/C19H22N2O5/c22-17(18(23)16-9-5-4-8-15(16)12-21-25)10-11-20-19(24)26-13-14-6-2-1-3-7-14/h1-9,12,17-18,22-23,25H,10-11,13H2,(H,20,24). The molecule has 0 aromatic heterocycles. The number of ether oxygens (including phenoxy) is 1. The Bertz CT molecular complexity index is 721. The average Bonchev–Trinajstić information content (AvgIpc) is 2.67. The van der Waals surface area contributed by atoms with Crippen molar-refractivity contribution in [2.45, 2.75) is 25.2 Å². The molecule has 2 aromatic rings. The van der Waals surface area contributed by atoms with Gasteiger partial charge in [0.15, 0.2) is 0 Å². The molecule has 0 aliphatic heterocycles. The first kappa shape index (κ1) is 19.4. The number of oxime groups is 1. The summed E-state index contributed by atoms with van der Waals surface area (Å²) in [6.45, 7) is 0.299. The van der Waals surface area contributed by atoms with E-state index in [1.54, 1.807) is 24.3 Å². The lowest BCUT2D eigenvalue weighted by Gasteiger charge is -2.19. The fourth-order valence-electron chi connectivity index (χ4n) is 2.42. The van der Waals surface area contributed by atoms with Crippen LogP contribution >= 0.6 is 0 Å². The molecule has 0 spiro atoms. The van der Waals surface area contributed by atoms with Gasteiger partial charge in [0, 0.05) is 12.1 Å². The van der Waals surface area contributed by atoms with Gasteiger partial charge in [-0.05, 0) is 17.5 Å². The molecule has 0 aliphatic rings. The summed E-state index contributed by atoms with van der Waals surface area (Å²) in [4.78, 5) is 11.7. The minimum atomic E-state index is -1.17.